The molecule has 25 heavy (non-hydrogen) atoms. The zero-order valence-corrected chi connectivity index (χ0v) is 15.0. The summed E-state index contributed by atoms with van der Waals surface area (Å²) in [4.78, 5) is 2.75. The fourth-order valence-corrected chi connectivity index (χ4v) is 5.03. The van der Waals surface area contributed by atoms with E-state index in [0.717, 1.165) is 12.5 Å². The molecule has 128 valence electrons. The van der Waals surface area contributed by atoms with Crippen molar-refractivity contribution in [2.75, 3.05) is 13.1 Å². The minimum Gasteiger partial charge on any atom is -0.338 e. The highest BCUT2D eigenvalue weighted by molar-refractivity contribution is 5.86. The second-order valence-corrected chi connectivity index (χ2v) is 7.90. The average Bonchev–Trinajstić information content (AvgIpc) is 2.97. The van der Waals surface area contributed by atoms with E-state index in [1.54, 1.807) is 11.3 Å². The molecule has 0 amide bonds. The summed E-state index contributed by atoms with van der Waals surface area (Å²) in [5.74, 6) is 0.838. The van der Waals surface area contributed by atoms with Gasteiger partial charge in [0, 0.05) is 36.2 Å². The van der Waals surface area contributed by atoms with Crippen LogP contribution in [0, 0.1) is 5.92 Å². The summed E-state index contributed by atoms with van der Waals surface area (Å²) in [6.07, 6.45) is 3.85. The first-order valence-electron chi connectivity index (χ1n) is 9.69. The third kappa shape index (κ3) is 2.51. The highest BCUT2D eigenvalue weighted by atomic mass is 15.2. The van der Waals surface area contributed by atoms with E-state index in [9.17, 15) is 0 Å². The molecule has 0 radical (unpaired) electrons. The van der Waals surface area contributed by atoms with Crippen molar-refractivity contribution in [2.24, 2.45) is 5.92 Å². The molecule has 2 aromatic carbocycles. The van der Waals surface area contributed by atoms with Gasteiger partial charge in [0.2, 0.25) is 0 Å². The molecular formula is C23H26N2. The van der Waals surface area contributed by atoms with Crippen molar-refractivity contribution in [1.82, 2.24) is 9.47 Å². The van der Waals surface area contributed by atoms with Crippen LogP contribution in [0.5, 0.6) is 0 Å². The van der Waals surface area contributed by atoms with E-state index in [2.05, 4.69) is 71.0 Å². The molecule has 0 spiro atoms. The van der Waals surface area contributed by atoms with Gasteiger partial charge in [-0.1, -0.05) is 55.5 Å². The smallest absolute Gasteiger partial charge is 0.0504 e. The van der Waals surface area contributed by atoms with Crippen LogP contribution in [-0.2, 0) is 13.0 Å². The fourth-order valence-electron chi connectivity index (χ4n) is 5.03. The maximum atomic E-state index is 2.75. The molecule has 2 heteroatoms. The quantitative estimate of drug-likeness (QED) is 0.640. The molecule has 0 unspecified atom stereocenters. The summed E-state index contributed by atoms with van der Waals surface area (Å²) in [7, 11) is 0. The molecular weight excluding hydrogens is 304 g/mol. The van der Waals surface area contributed by atoms with Crippen LogP contribution in [0.15, 0.2) is 54.6 Å². The summed E-state index contributed by atoms with van der Waals surface area (Å²) >= 11 is 0. The van der Waals surface area contributed by atoms with E-state index in [1.807, 2.05) is 0 Å². The lowest BCUT2D eigenvalue weighted by molar-refractivity contribution is 0.100. The van der Waals surface area contributed by atoms with Crippen LogP contribution >= 0.6 is 0 Å². The lowest BCUT2D eigenvalue weighted by atomic mass is 9.87. The maximum absolute atomic E-state index is 2.75. The van der Waals surface area contributed by atoms with E-state index in [-0.39, 0.29) is 0 Å². The molecule has 5 rings (SSSR count). The Morgan fingerprint density at radius 2 is 1.76 bits per heavy atom. The van der Waals surface area contributed by atoms with Crippen molar-refractivity contribution < 1.29 is 0 Å². The van der Waals surface area contributed by atoms with Crippen LogP contribution < -0.4 is 0 Å². The van der Waals surface area contributed by atoms with Crippen molar-refractivity contribution in [3.63, 3.8) is 0 Å². The van der Waals surface area contributed by atoms with E-state index in [4.69, 9.17) is 0 Å². The third-order valence-electron chi connectivity index (χ3n) is 6.19. The van der Waals surface area contributed by atoms with Gasteiger partial charge in [-0.15, -0.1) is 0 Å². The first kappa shape index (κ1) is 15.2. The lowest BCUT2D eigenvalue weighted by Gasteiger charge is -2.42. The van der Waals surface area contributed by atoms with Crippen LogP contribution in [0.1, 0.15) is 42.6 Å². The molecule has 2 nitrogen and oxygen atoms in total. The van der Waals surface area contributed by atoms with E-state index >= 15 is 0 Å². The molecule has 2 aliphatic heterocycles. The Bertz CT molecular complexity index is 893. The number of rotatable bonds is 2. The normalized spacial score (nSPS) is 23.4. The summed E-state index contributed by atoms with van der Waals surface area (Å²) in [6.45, 7) is 5.88. The van der Waals surface area contributed by atoms with Gasteiger partial charge in [-0.25, -0.2) is 0 Å². The Morgan fingerprint density at radius 3 is 2.64 bits per heavy atom. The van der Waals surface area contributed by atoms with Crippen LogP contribution in [0.4, 0.5) is 0 Å². The summed E-state index contributed by atoms with van der Waals surface area (Å²) in [5, 5.41) is 1.48. The second kappa shape index (κ2) is 6.03. The van der Waals surface area contributed by atoms with Crippen molar-refractivity contribution in [1.29, 1.82) is 0 Å². The highest BCUT2D eigenvalue weighted by Gasteiger charge is 2.35. The van der Waals surface area contributed by atoms with Gasteiger partial charge in [0.15, 0.2) is 0 Å². The molecule has 0 saturated carbocycles. The SMILES string of the molecule is C[C@H]1CC[C@@H]2c3c(c4ccccc4n3Cc3ccccc3)CCN2C1. The van der Waals surface area contributed by atoms with Gasteiger partial charge in [0.25, 0.3) is 0 Å². The van der Waals surface area contributed by atoms with Crippen molar-refractivity contribution >= 4 is 10.9 Å². The number of aromatic nitrogens is 1. The van der Waals surface area contributed by atoms with Crippen LogP contribution in [0.3, 0.4) is 0 Å². The summed E-state index contributed by atoms with van der Waals surface area (Å²) in [5.41, 5.74) is 6.02. The van der Waals surface area contributed by atoms with Crippen LogP contribution in [-0.4, -0.2) is 22.6 Å². The van der Waals surface area contributed by atoms with Gasteiger partial charge in [-0.05, 0) is 42.4 Å². The maximum Gasteiger partial charge on any atom is 0.0504 e. The van der Waals surface area contributed by atoms with Gasteiger partial charge in [-0.3, -0.25) is 4.90 Å². The number of fused-ring (bicyclic) bond motifs is 5. The lowest BCUT2D eigenvalue weighted by Crippen LogP contribution is -2.42. The zero-order valence-electron chi connectivity index (χ0n) is 15.0. The number of para-hydroxylation sites is 1. The van der Waals surface area contributed by atoms with E-state index in [0.29, 0.717) is 6.04 Å². The Morgan fingerprint density at radius 1 is 0.960 bits per heavy atom. The Hall–Kier alpha value is -2.06. The molecule has 2 aliphatic rings. The van der Waals surface area contributed by atoms with Crippen molar-refractivity contribution in [3.05, 3.63) is 71.4 Å². The Kier molecular flexibility index (Phi) is 3.67. The van der Waals surface area contributed by atoms with Gasteiger partial charge < -0.3 is 4.57 Å². The van der Waals surface area contributed by atoms with Crippen LogP contribution in [0.2, 0.25) is 0 Å². The van der Waals surface area contributed by atoms with Crippen LogP contribution in [0.25, 0.3) is 10.9 Å². The number of piperidine rings is 1. The molecule has 0 bridgehead atoms. The minimum atomic E-state index is 0.607. The van der Waals surface area contributed by atoms with Gasteiger partial charge in [0.05, 0.1) is 6.04 Å². The topological polar surface area (TPSA) is 8.17 Å². The molecule has 1 aromatic heterocycles. The first-order valence-corrected chi connectivity index (χ1v) is 9.69. The molecule has 3 heterocycles. The largest absolute Gasteiger partial charge is 0.338 e. The standard InChI is InChI=1S/C23H26N2/c1-17-11-12-22-23-20(13-14-24(22)15-17)19-9-5-6-10-21(19)25(23)16-18-7-3-2-4-8-18/h2-10,17,22H,11-16H2,1H3/t17-,22+/m0/s1. The Balaban J connectivity index is 1.67. The monoisotopic (exact) mass is 330 g/mol. The number of hydrogen-bond donors (Lipinski definition) is 0. The minimum absolute atomic E-state index is 0.607. The van der Waals surface area contributed by atoms with E-state index in [1.165, 1.54) is 48.8 Å². The fraction of sp³-hybridized carbons (Fsp3) is 0.391. The predicted molar refractivity (Wildman–Crippen MR) is 104 cm³/mol. The van der Waals surface area contributed by atoms with Crippen molar-refractivity contribution in [3.8, 4) is 0 Å². The predicted octanol–water partition coefficient (Wildman–Crippen LogP) is 5.02. The molecule has 1 fully saturated rings. The summed E-state index contributed by atoms with van der Waals surface area (Å²) in [6, 6.07) is 20.6. The Labute approximate surface area is 150 Å². The molecule has 3 aromatic rings. The van der Waals surface area contributed by atoms with Gasteiger partial charge in [0.1, 0.15) is 0 Å². The van der Waals surface area contributed by atoms with Gasteiger partial charge in [-0.2, -0.15) is 0 Å². The van der Waals surface area contributed by atoms with Crippen molar-refractivity contribution in [2.45, 2.75) is 38.8 Å². The second-order valence-electron chi connectivity index (χ2n) is 7.90. The number of nitrogens with zero attached hydrogens (tertiary/aromatic N) is 2. The molecule has 0 N–H and O–H groups in total. The number of hydrogen-bond acceptors (Lipinski definition) is 1. The van der Waals surface area contributed by atoms with Gasteiger partial charge >= 0.3 is 0 Å². The first-order chi connectivity index (χ1) is 12.3. The average molecular weight is 330 g/mol. The zero-order chi connectivity index (χ0) is 16.8. The molecule has 1 saturated heterocycles. The highest BCUT2D eigenvalue weighted by Crippen LogP contribution is 2.42. The number of benzene rings is 2. The molecule has 0 aliphatic carbocycles. The summed E-state index contributed by atoms with van der Waals surface area (Å²) < 4.78 is 2.62. The third-order valence-corrected chi connectivity index (χ3v) is 6.19. The van der Waals surface area contributed by atoms with E-state index < -0.39 is 0 Å². The molecule has 2 atom stereocenters.